The maximum Gasteiger partial charge on any atom is 0.264 e. The summed E-state index contributed by atoms with van der Waals surface area (Å²) >= 11 is 5.30. The fourth-order valence-electron chi connectivity index (χ4n) is 2.45. The molecule has 1 aliphatic heterocycles. The average Bonchev–Trinajstić information content (AvgIpc) is 2.49. The third-order valence-electron chi connectivity index (χ3n) is 4.02. The van der Waals surface area contributed by atoms with Gasteiger partial charge in [-0.25, -0.2) is 0 Å². The van der Waals surface area contributed by atoms with E-state index in [-0.39, 0.29) is 12.5 Å². The van der Waals surface area contributed by atoms with Gasteiger partial charge in [0.15, 0.2) is 11.7 Å². The summed E-state index contributed by atoms with van der Waals surface area (Å²) < 4.78 is 5.59. The Kier molecular flexibility index (Phi) is 5.77. The van der Waals surface area contributed by atoms with E-state index in [2.05, 4.69) is 17.1 Å². The average molecular weight is 320 g/mol. The van der Waals surface area contributed by atoms with Gasteiger partial charge in [-0.15, -0.1) is 0 Å². The summed E-state index contributed by atoms with van der Waals surface area (Å²) in [6, 6.07) is 5.95. The second kappa shape index (κ2) is 7.58. The molecule has 1 amide bonds. The summed E-state index contributed by atoms with van der Waals surface area (Å²) in [6.07, 6.45) is 2.24. The number of thiocarbonyl (C=S) groups is 1. The summed E-state index contributed by atoms with van der Waals surface area (Å²) in [5.41, 5.74) is 2.13. The molecule has 1 N–H and O–H groups in total. The fraction of sp³-hybridized carbons (Fsp3) is 0.529. The topological polar surface area (TPSA) is 41.6 Å². The highest BCUT2D eigenvalue weighted by atomic mass is 32.1. The van der Waals surface area contributed by atoms with E-state index in [1.54, 1.807) is 0 Å². The summed E-state index contributed by atoms with van der Waals surface area (Å²) in [4.78, 5) is 14.0. The summed E-state index contributed by atoms with van der Waals surface area (Å²) in [5.74, 6) is 1.28. The van der Waals surface area contributed by atoms with Gasteiger partial charge >= 0.3 is 0 Å². The molecular formula is C17H24N2O2S. The van der Waals surface area contributed by atoms with Crippen molar-refractivity contribution in [2.45, 2.75) is 33.6 Å². The number of nitrogens with zero attached hydrogens (tertiary/aromatic N) is 1. The van der Waals surface area contributed by atoms with Crippen LogP contribution in [0.1, 0.15) is 30.9 Å². The Hall–Kier alpha value is -1.62. The molecule has 0 aliphatic carbocycles. The molecule has 22 heavy (non-hydrogen) atoms. The van der Waals surface area contributed by atoms with Crippen molar-refractivity contribution in [2.75, 3.05) is 19.7 Å². The predicted octanol–water partition coefficient (Wildman–Crippen LogP) is 2.82. The molecular weight excluding hydrogens is 296 g/mol. The normalized spacial score (nSPS) is 15.5. The SMILES string of the molecule is Cc1ccc(C)c(OCC(=O)NC(=S)N2CCC(C)CC2)c1. The smallest absolute Gasteiger partial charge is 0.264 e. The summed E-state index contributed by atoms with van der Waals surface area (Å²) in [6.45, 7) is 8.02. The summed E-state index contributed by atoms with van der Waals surface area (Å²) in [7, 11) is 0. The Balaban J connectivity index is 1.80. The Morgan fingerprint density at radius 2 is 2.05 bits per heavy atom. The van der Waals surface area contributed by atoms with Gasteiger partial charge in [0.2, 0.25) is 0 Å². The van der Waals surface area contributed by atoms with Gasteiger partial charge in [-0.3, -0.25) is 4.79 Å². The number of rotatable bonds is 3. The number of nitrogens with one attached hydrogen (secondary N) is 1. The van der Waals surface area contributed by atoms with E-state index in [1.807, 2.05) is 32.0 Å². The molecule has 0 aromatic heterocycles. The van der Waals surface area contributed by atoms with Crippen LogP contribution in [0.3, 0.4) is 0 Å². The largest absolute Gasteiger partial charge is 0.483 e. The van der Waals surface area contributed by atoms with Gasteiger partial charge < -0.3 is 15.0 Å². The maximum absolute atomic E-state index is 12.0. The minimum absolute atomic E-state index is 0.0192. The lowest BCUT2D eigenvalue weighted by Crippen LogP contribution is -2.47. The van der Waals surface area contributed by atoms with Crippen LogP contribution in [-0.2, 0) is 4.79 Å². The van der Waals surface area contributed by atoms with E-state index in [9.17, 15) is 4.79 Å². The standard InChI is InChI=1S/C17H24N2O2S/c1-12-6-8-19(9-7-12)17(22)18-16(20)11-21-15-10-13(2)4-5-14(15)3/h4-5,10,12H,6-9,11H2,1-3H3,(H,18,20,22). The molecule has 120 valence electrons. The number of ether oxygens (including phenoxy) is 1. The molecule has 1 fully saturated rings. The Labute approximate surface area is 137 Å². The second-order valence-electron chi connectivity index (χ2n) is 6.08. The van der Waals surface area contributed by atoms with E-state index in [1.165, 1.54) is 0 Å². The minimum Gasteiger partial charge on any atom is -0.483 e. The molecule has 0 radical (unpaired) electrons. The molecule has 4 nitrogen and oxygen atoms in total. The highest BCUT2D eigenvalue weighted by Crippen LogP contribution is 2.19. The van der Waals surface area contributed by atoms with Crippen molar-refractivity contribution >= 4 is 23.2 Å². The first kappa shape index (κ1) is 16.7. The van der Waals surface area contributed by atoms with Gasteiger partial charge in [0.25, 0.3) is 5.91 Å². The number of hydrogen-bond donors (Lipinski definition) is 1. The lowest BCUT2D eigenvalue weighted by atomic mass is 10.00. The number of amides is 1. The molecule has 0 spiro atoms. The van der Waals surface area contributed by atoms with Crippen LogP contribution in [0.2, 0.25) is 0 Å². The second-order valence-corrected chi connectivity index (χ2v) is 6.47. The van der Waals surface area contributed by atoms with Crippen molar-refractivity contribution in [1.29, 1.82) is 0 Å². The molecule has 0 atom stereocenters. The third-order valence-corrected chi connectivity index (χ3v) is 4.38. The van der Waals surface area contributed by atoms with E-state index in [0.717, 1.165) is 48.7 Å². The molecule has 1 aromatic rings. The van der Waals surface area contributed by atoms with E-state index < -0.39 is 0 Å². The first-order chi connectivity index (χ1) is 10.5. The Morgan fingerprint density at radius 3 is 2.73 bits per heavy atom. The monoisotopic (exact) mass is 320 g/mol. The molecule has 1 aromatic carbocycles. The lowest BCUT2D eigenvalue weighted by molar-refractivity contribution is -0.121. The number of carbonyl (C=O) groups excluding carboxylic acids is 1. The Bertz CT molecular complexity index is 552. The van der Waals surface area contributed by atoms with Gasteiger partial charge in [0, 0.05) is 13.1 Å². The molecule has 0 saturated carbocycles. The van der Waals surface area contributed by atoms with Gasteiger partial charge in [0.05, 0.1) is 0 Å². The molecule has 1 heterocycles. The highest BCUT2D eigenvalue weighted by Gasteiger charge is 2.19. The fourth-order valence-corrected chi connectivity index (χ4v) is 2.75. The highest BCUT2D eigenvalue weighted by molar-refractivity contribution is 7.80. The van der Waals surface area contributed by atoms with Crippen LogP contribution in [-0.4, -0.2) is 35.6 Å². The number of aryl methyl sites for hydroxylation is 2. The van der Waals surface area contributed by atoms with E-state index in [4.69, 9.17) is 17.0 Å². The first-order valence-corrected chi connectivity index (χ1v) is 8.15. The zero-order valence-electron chi connectivity index (χ0n) is 13.5. The predicted molar refractivity (Wildman–Crippen MR) is 92.1 cm³/mol. The van der Waals surface area contributed by atoms with Crippen LogP contribution >= 0.6 is 12.2 Å². The summed E-state index contributed by atoms with van der Waals surface area (Å²) in [5, 5.41) is 3.28. The van der Waals surface area contributed by atoms with Crippen molar-refractivity contribution in [1.82, 2.24) is 10.2 Å². The quantitative estimate of drug-likeness (QED) is 0.870. The van der Waals surface area contributed by atoms with Gasteiger partial charge in [-0.2, -0.15) is 0 Å². The molecule has 5 heteroatoms. The van der Waals surface area contributed by atoms with Crippen LogP contribution in [0.15, 0.2) is 18.2 Å². The zero-order chi connectivity index (χ0) is 16.1. The van der Waals surface area contributed by atoms with Crippen LogP contribution in [0.5, 0.6) is 5.75 Å². The molecule has 0 unspecified atom stereocenters. The Morgan fingerprint density at radius 1 is 1.36 bits per heavy atom. The number of hydrogen-bond acceptors (Lipinski definition) is 3. The number of benzene rings is 1. The lowest BCUT2D eigenvalue weighted by Gasteiger charge is -2.32. The molecule has 0 bridgehead atoms. The van der Waals surface area contributed by atoms with Crippen molar-refractivity contribution in [2.24, 2.45) is 5.92 Å². The van der Waals surface area contributed by atoms with E-state index >= 15 is 0 Å². The molecule has 2 rings (SSSR count). The van der Waals surface area contributed by atoms with Crippen molar-refractivity contribution in [3.05, 3.63) is 29.3 Å². The molecule has 1 aliphatic rings. The number of likely N-dealkylation sites (tertiary alicyclic amines) is 1. The zero-order valence-corrected chi connectivity index (χ0v) is 14.3. The minimum atomic E-state index is -0.204. The van der Waals surface area contributed by atoms with E-state index in [0.29, 0.717) is 5.11 Å². The maximum atomic E-state index is 12.0. The van der Waals surface area contributed by atoms with Gasteiger partial charge in [-0.05, 0) is 62.0 Å². The van der Waals surface area contributed by atoms with Crippen LogP contribution in [0.4, 0.5) is 0 Å². The van der Waals surface area contributed by atoms with Crippen molar-refractivity contribution in [3.63, 3.8) is 0 Å². The van der Waals surface area contributed by atoms with Crippen LogP contribution in [0.25, 0.3) is 0 Å². The van der Waals surface area contributed by atoms with Crippen molar-refractivity contribution < 1.29 is 9.53 Å². The number of carbonyl (C=O) groups is 1. The van der Waals surface area contributed by atoms with Gasteiger partial charge in [-0.1, -0.05) is 19.1 Å². The first-order valence-electron chi connectivity index (χ1n) is 7.74. The van der Waals surface area contributed by atoms with Gasteiger partial charge in [0.1, 0.15) is 5.75 Å². The molecule has 1 saturated heterocycles. The van der Waals surface area contributed by atoms with Crippen LogP contribution in [0, 0.1) is 19.8 Å². The van der Waals surface area contributed by atoms with Crippen molar-refractivity contribution in [3.8, 4) is 5.75 Å². The van der Waals surface area contributed by atoms with Crippen LogP contribution < -0.4 is 10.1 Å². The third kappa shape index (κ3) is 4.70. The number of piperidine rings is 1.